The molecule has 0 bridgehead atoms. The first-order valence-corrected chi connectivity index (χ1v) is 14.7. The van der Waals surface area contributed by atoms with E-state index >= 15 is 0 Å². The maximum absolute atomic E-state index is 11.9. The fourth-order valence-corrected chi connectivity index (χ4v) is 4.37. The number of aliphatic hydroxyl groups is 4. The highest BCUT2D eigenvalue weighted by atomic mass is 32.2. The summed E-state index contributed by atoms with van der Waals surface area (Å²) in [5, 5.41) is 39.8. The van der Waals surface area contributed by atoms with Crippen molar-refractivity contribution >= 4 is 17.3 Å². The molecule has 11 nitrogen and oxygen atoms in total. The van der Waals surface area contributed by atoms with Crippen LogP contribution in [-0.2, 0) is 34.5 Å². The van der Waals surface area contributed by atoms with Crippen LogP contribution < -0.4 is 0 Å². The molecule has 5 N–H and O–H groups in total. The molecule has 0 saturated carbocycles. The summed E-state index contributed by atoms with van der Waals surface area (Å²) in [5.74, 6) is -0.413. The van der Waals surface area contributed by atoms with Gasteiger partial charge >= 0.3 is 17.3 Å². The third-order valence-electron chi connectivity index (χ3n) is 6.38. The maximum Gasteiger partial charge on any atom is 0.305 e. The van der Waals surface area contributed by atoms with Crippen LogP contribution in [0.25, 0.3) is 0 Å². The molecule has 0 aromatic rings. The first-order chi connectivity index (χ1) is 17.8. The van der Waals surface area contributed by atoms with E-state index in [1.54, 1.807) is 0 Å². The molecule has 220 valence electrons. The summed E-state index contributed by atoms with van der Waals surface area (Å²) in [7, 11) is 0. The lowest BCUT2D eigenvalue weighted by molar-refractivity contribution is -0.303. The molecule has 0 spiro atoms. The lowest BCUT2D eigenvalue weighted by Crippen LogP contribution is -2.59. The first-order valence-electron chi connectivity index (χ1n) is 13.6. The van der Waals surface area contributed by atoms with Crippen LogP contribution >= 0.6 is 0 Å². The molecule has 1 aliphatic heterocycles. The van der Waals surface area contributed by atoms with Crippen LogP contribution in [0.4, 0.5) is 0 Å². The molecule has 12 heteroatoms. The van der Waals surface area contributed by atoms with Crippen LogP contribution in [0.15, 0.2) is 0 Å². The minimum absolute atomic E-state index is 0.272. The Morgan fingerprint density at radius 1 is 0.838 bits per heavy atom. The average Bonchev–Trinajstić information content (AvgIpc) is 2.87. The van der Waals surface area contributed by atoms with Gasteiger partial charge in [0.15, 0.2) is 6.29 Å². The molecular weight excluding hydrogens is 508 g/mol. The van der Waals surface area contributed by atoms with Gasteiger partial charge in [-0.25, -0.2) is 0 Å². The van der Waals surface area contributed by atoms with Crippen LogP contribution in [-0.4, -0.2) is 91.8 Å². The largest absolute Gasteiger partial charge is 0.463 e. The summed E-state index contributed by atoms with van der Waals surface area (Å²) in [5.41, 5.74) is 0. The standard InChI is InChI=1S/C25H48O11S/c1-2-3-4-5-6-7-8-9-10-11-12-13-14-15-21(27)33-16-19(26)17-34-25-24(30)23(29)22(28)20(36-25)18-35-37(31)32/h19-20,22-26,28-30H,2-18H2,1H3,(H,31,32). The lowest BCUT2D eigenvalue weighted by atomic mass is 9.99. The molecule has 1 rings (SSSR count). The smallest absolute Gasteiger partial charge is 0.305 e. The Kier molecular flexibility index (Phi) is 19.6. The fraction of sp³-hybridized carbons (Fsp3) is 0.960. The summed E-state index contributed by atoms with van der Waals surface area (Å²) >= 11 is -2.60. The molecule has 0 aromatic heterocycles. The zero-order valence-corrected chi connectivity index (χ0v) is 22.9. The zero-order chi connectivity index (χ0) is 27.5. The van der Waals surface area contributed by atoms with Crippen molar-refractivity contribution in [3.05, 3.63) is 0 Å². The predicted molar refractivity (Wildman–Crippen MR) is 137 cm³/mol. The van der Waals surface area contributed by atoms with E-state index in [9.17, 15) is 29.4 Å². The van der Waals surface area contributed by atoms with Crippen molar-refractivity contribution in [1.29, 1.82) is 0 Å². The van der Waals surface area contributed by atoms with E-state index in [0.717, 1.165) is 19.3 Å². The van der Waals surface area contributed by atoms with E-state index in [2.05, 4.69) is 11.1 Å². The minimum Gasteiger partial charge on any atom is -0.463 e. The second-order valence-electron chi connectivity index (χ2n) is 9.68. The number of carbonyl (C=O) groups is 1. The Bertz CT molecular complexity index is 609. The van der Waals surface area contributed by atoms with Gasteiger partial charge in [-0.3, -0.25) is 13.5 Å². The van der Waals surface area contributed by atoms with E-state index in [1.807, 2.05) is 0 Å². The molecule has 0 amide bonds. The highest BCUT2D eigenvalue weighted by molar-refractivity contribution is 7.74. The molecule has 37 heavy (non-hydrogen) atoms. The van der Waals surface area contributed by atoms with Crippen molar-refractivity contribution in [3.63, 3.8) is 0 Å². The fourth-order valence-electron chi connectivity index (χ4n) is 4.12. The third-order valence-corrected chi connectivity index (χ3v) is 6.71. The van der Waals surface area contributed by atoms with Crippen molar-refractivity contribution in [2.75, 3.05) is 19.8 Å². The van der Waals surface area contributed by atoms with Gasteiger partial charge in [-0.15, -0.1) is 0 Å². The summed E-state index contributed by atoms with van der Waals surface area (Å²) in [6.45, 7) is 1.01. The highest BCUT2D eigenvalue weighted by Gasteiger charge is 2.44. The normalized spacial score (nSPS) is 25.6. The van der Waals surface area contributed by atoms with Crippen molar-refractivity contribution in [1.82, 2.24) is 0 Å². The number of carbonyl (C=O) groups excluding carboxylic acids is 1. The Labute approximate surface area is 223 Å². The van der Waals surface area contributed by atoms with E-state index in [4.69, 9.17) is 18.8 Å². The number of rotatable bonds is 22. The van der Waals surface area contributed by atoms with E-state index in [0.29, 0.717) is 0 Å². The quantitative estimate of drug-likeness (QED) is 0.0753. The molecule has 1 aliphatic rings. The summed E-state index contributed by atoms with van der Waals surface area (Å²) < 4.78 is 39.3. The van der Waals surface area contributed by atoms with Crippen molar-refractivity contribution in [3.8, 4) is 0 Å². The Morgan fingerprint density at radius 3 is 1.92 bits per heavy atom. The summed E-state index contributed by atoms with van der Waals surface area (Å²) in [6.07, 6.45) is 7.31. The maximum atomic E-state index is 11.9. The first kappa shape index (κ1) is 34.3. The van der Waals surface area contributed by atoms with Crippen LogP contribution in [0.2, 0.25) is 0 Å². The van der Waals surface area contributed by atoms with Gasteiger partial charge in [0.05, 0.1) is 13.2 Å². The number of aliphatic hydroxyl groups excluding tert-OH is 4. The second-order valence-corrected chi connectivity index (χ2v) is 10.3. The topological polar surface area (TPSA) is 172 Å². The summed E-state index contributed by atoms with van der Waals surface area (Å²) in [4.78, 5) is 11.9. The Hall–Kier alpha value is -0.700. The predicted octanol–water partition coefficient (Wildman–Crippen LogP) is 2.35. The Balaban J connectivity index is 2.07. The molecule has 1 saturated heterocycles. The van der Waals surface area contributed by atoms with Crippen LogP contribution in [0.3, 0.4) is 0 Å². The molecular formula is C25H48O11S. The van der Waals surface area contributed by atoms with E-state index in [1.165, 1.54) is 64.2 Å². The average molecular weight is 557 g/mol. The van der Waals surface area contributed by atoms with Gasteiger partial charge in [0, 0.05) is 6.42 Å². The minimum atomic E-state index is -2.60. The monoisotopic (exact) mass is 556 g/mol. The van der Waals surface area contributed by atoms with E-state index in [-0.39, 0.29) is 19.6 Å². The van der Waals surface area contributed by atoms with Gasteiger partial charge in [-0.1, -0.05) is 84.0 Å². The third kappa shape index (κ3) is 16.1. The Morgan fingerprint density at radius 2 is 1.38 bits per heavy atom. The summed E-state index contributed by atoms with van der Waals surface area (Å²) in [6, 6.07) is 0. The van der Waals surface area contributed by atoms with Crippen molar-refractivity contribution in [2.45, 2.75) is 134 Å². The number of unbranched alkanes of at least 4 members (excludes halogenated alkanes) is 12. The van der Waals surface area contributed by atoms with Gasteiger partial charge in [-0.2, -0.15) is 4.21 Å². The number of hydrogen-bond donors (Lipinski definition) is 5. The molecule has 1 fully saturated rings. The van der Waals surface area contributed by atoms with Gasteiger partial charge in [0.25, 0.3) is 0 Å². The molecule has 1 heterocycles. The van der Waals surface area contributed by atoms with Gasteiger partial charge in [0.2, 0.25) is 0 Å². The van der Waals surface area contributed by atoms with Crippen LogP contribution in [0.1, 0.15) is 96.8 Å². The number of ether oxygens (including phenoxy) is 3. The van der Waals surface area contributed by atoms with Gasteiger partial charge in [0.1, 0.15) is 37.1 Å². The van der Waals surface area contributed by atoms with Gasteiger partial charge in [-0.05, 0) is 6.42 Å². The van der Waals surface area contributed by atoms with Crippen molar-refractivity contribution < 1.29 is 52.4 Å². The van der Waals surface area contributed by atoms with Crippen molar-refractivity contribution in [2.24, 2.45) is 0 Å². The van der Waals surface area contributed by atoms with Gasteiger partial charge < -0.3 is 34.6 Å². The molecule has 0 aromatic carbocycles. The SMILES string of the molecule is CCCCCCCCCCCCCCCC(=O)OCC(O)COC1OC(COS(=O)O)C(O)C(O)C1O. The molecule has 0 radical (unpaired) electrons. The lowest BCUT2D eigenvalue weighted by Gasteiger charge is -2.40. The molecule has 7 atom stereocenters. The van der Waals surface area contributed by atoms with Crippen LogP contribution in [0, 0.1) is 0 Å². The second kappa shape index (κ2) is 21.2. The number of esters is 1. The molecule has 7 unspecified atom stereocenters. The molecule has 0 aliphatic carbocycles. The van der Waals surface area contributed by atoms with Crippen LogP contribution in [0.5, 0.6) is 0 Å². The zero-order valence-electron chi connectivity index (χ0n) is 22.1. The number of hydrogen-bond acceptors (Lipinski definition) is 10. The highest BCUT2D eigenvalue weighted by Crippen LogP contribution is 2.23. The van der Waals surface area contributed by atoms with E-state index < -0.39 is 60.7 Å².